The van der Waals surface area contributed by atoms with E-state index in [2.05, 4.69) is 22.9 Å². The number of aliphatic hydroxyl groups is 2. The quantitative estimate of drug-likeness (QED) is 0.0517. The molecule has 15 heteroatoms. The summed E-state index contributed by atoms with van der Waals surface area (Å²) in [5, 5.41) is 38.3. The molecule has 0 aliphatic carbocycles. The monoisotopic (exact) mass is 744 g/mol. The first kappa shape index (κ1) is 47.2. The molecule has 1 saturated heterocycles. The van der Waals surface area contributed by atoms with Gasteiger partial charge in [-0.05, 0) is 25.7 Å². The number of unbranched alkanes of at least 4 members (excludes halogenated alkanes) is 14. The van der Waals surface area contributed by atoms with E-state index in [4.69, 9.17) is 26.0 Å². The Labute approximate surface area is 310 Å². The van der Waals surface area contributed by atoms with E-state index in [-0.39, 0.29) is 25.3 Å². The van der Waals surface area contributed by atoms with Gasteiger partial charge in [0.2, 0.25) is 23.6 Å². The third kappa shape index (κ3) is 18.8. The van der Waals surface area contributed by atoms with Gasteiger partial charge in [-0.3, -0.25) is 24.0 Å². The number of carbonyl (C=O) groups excluding carboxylic acids is 4. The summed E-state index contributed by atoms with van der Waals surface area (Å²) < 4.78 is 11.4. The number of aliphatic hydroxyl groups excluding tert-OH is 2. The average Bonchev–Trinajstić information content (AvgIpc) is 3.09. The lowest BCUT2D eigenvalue weighted by atomic mass is 9.95. The van der Waals surface area contributed by atoms with E-state index in [9.17, 15) is 34.2 Å². The predicted molar refractivity (Wildman–Crippen MR) is 197 cm³/mol. The number of amides is 4. The SMILES string of the molecule is CCCCCCCCCCCCCCCCCC(=O)N[C@@H]1[C@@H](O[C@H](C)C(=O)N[C@H](C(=O)N[C@H](CCC(=O)O)C(N)=O)C(C)C)[C@H](O)[C@@H](CN)O[C@H]1O. The number of hydrogen-bond acceptors (Lipinski definition) is 10. The summed E-state index contributed by atoms with van der Waals surface area (Å²) >= 11 is 0. The van der Waals surface area contributed by atoms with Crippen molar-refractivity contribution in [1.29, 1.82) is 0 Å². The number of aliphatic carboxylic acids is 1. The number of nitrogens with two attached hydrogens (primary N) is 2. The van der Waals surface area contributed by atoms with E-state index in [1.807, 2.05) is 0 Å². The van der Waals surface area contributed by atoms with Gasteiger partial charge in [-0.25, -0.2) is 0 Å². The smallest absolute Gasteiger partial charge is 0.303 e. The van der Waals surface area contributed by atoms with Crippen LogP contribution in [0.2, 0.25) is 0 Å². The molecule has 1 fully saturated rings. The number of primary amides is 1. The molecule has 52 heavy (non-hydrogen) atoms. The molecule has 0 aromatic heterocycles. The maximum atomic E-state index is 13.2. The van der Waals surface area contributed by atoms with Gasteiger partial charge in [-0.2, -0.15) is 0 Å². The standard InChI is InChI=1S/C37H69N5O10/c1-5-6-7-8-9-10-11-12-13-14-15-16-17-18-19-20-28(43)41-31-33(32(46)27(23-38)52-37(31)50)51-25(4)35(48)42-30(24(2)3)36(49)40-26(34(39)47)21-22-29(44)45/h24-27,30-33,37,46,50H,5-23,38H2,1-4H3,(H2,39,47)(H,40,49)(H,41,43)(H,42,48)(H,44,45)/t25-,26-,27-,30+,31-,32-,33-,37-/m1/s1. The summed E-state index contributed by atoms with van der Waals surface area (Å²) in [6.45, 7) is 6.76. The van der Waals surface area contributed by atoms with Gasteiger partial charge in [0, 0.05) is 19.4 Å². The van der Waals surface area contributed by atoms with E-state index in [0.717, 1.165) is 19.3 Å². The first-order valence-electron chi connectivity index (χ1n) is 19.5. The first-order valence-corrected chi connectivity index (χ1v) is 19.5. The maximum absolute atomic E-state index is 13.2. The second-order valence-corrected chi connectivity index (χ2v) is 14.5. The summed E-state index contributed by atoms with van der Waals surface area (Å²) in [4.78, 5) is 61.9. The zero-order chi connectivity index (χ0) is 39.1. The Kier molecular flexibility index (Phi) is 24.3. The first-order chi connectivity index (χ1) is 24.7. The highest BCUT2D eigenvalue weighted by Gasteiger charge is 2.47. The van der Waals surface area contributed by atoms with Crippen LogP contribution in [0.4, 0.5) is 0 Å². The minimum absolute atomic E-state index is 0.170. The highest BCUT2D eigenvalue weighted by atomic mass is 16.6. The number of carboxylic acids is 1. The molecule has 1 heterocycles. The Morgan fingerprint density at radius 1 is 0.769 bits per heavy atom. The zero-order valence-corrected chi connectivity index (χ0v) is 32.0. The van der Waals surface area contributed by atoms with Crippen LogP contribution in [0.25, 0.3) is 0 Å². The van der Waals surface area contributed by atoms with E-state index in [1.54, 1.807) is 13.8 Å². The molecule has 0 aromatic carbocycles. The summed E-state index contributed by atoms with van der Waals surface area (Å²) in [5.74, 6) is -4.43. The molecule has 0 aromatic rings. The molecule has 0 spiro atoms. The molecule has 10 N–H and O–H groups in total. The predicted octanol–water partition coefficient (Wildman–Crippen LogP) is 2.52. The number of carboxylic acid groups (broad SMARTS) is 1. The number of hydrogen-bond donors (Lipinski definition) is 8. The third-order valence-electron chi connectivity index (χ3n) is 9.54. The van der Waals surface area contributed by atoms with Crippen LogP contribution in [0, 0.1) is 5.92 Å². The summed E-state index contributed by atoms with van der Waals surface area (Å²) in [7, 11) is 0. The lowest BCUT2D eigenvalue weighted by molar-refractivity contribution is -0.258. The molecule has 0 bridgehead atoms. The van der Waals surface area contributed by atoms with Crippen molar-refractivity contribution >= 4 is 29.6 Å². The largest absolute Gasteiger partial charge is 0.481 e. The van der Waals surface area contributed by atoms with Crippen LogP contribution in [-0.2, 0) is 33.4 Å². The van der Waals surface area contributed by atoms with Gasteiger partial charge < -0.3 is 52.2 Å². The summed E-state index contributed by atoms with van der Waals surface area (Å²) in [6.07, 6.45) is 11.0. The number of ether oxygens (including phenoxy) is 2. The molecule has 1 rings (SSSR count). The van der Waals surface area contributed by atoms with Crippen molar-refractivity contribution in [2.24, 2.45) is 17.4 Å². The summed E-state index contributed by atoms with van der Waals surface area (Å²) in [6, 6.07) is -3.63. The van der Waals surface area contributed by atoms with E-state index in [1.165, 1.54) is 77.6 Å². The lowest BCUT2D eigenvalue weighted by Crippen LogP contribution is -2.66. The van der Waals surface area contributed by atoms with Gasteiger partial charge in [-0.15, -0.1) is 0 Å². The number of nitrogens with one attached hydrogen (secondary N) is 3. The molecule has 1 aliphatic rings. The molecule has 8 atom stereocenters. The Hall–Kier alpha value is -2.85. The summed E-state index contributed by atoms with van der Waals surface area (Å²) in [5.41, 5.74) is 11.1. The van der Waals surface area contributed by atoms with Crippen molar-refractivity contribution in [1.82, 2.24) is 16.0 Å². The average molecular weight is 744 g/mol. The van der Waals surface area contributed by atoms with Gasteiger partial charge >= 0.3 is 5.97 Å². The molecule has 0 unspecified atom stereocenters. The second-order valence-electron chi connectivity index (χ2n) is 14.5. The molecule has 1 aliphatic heterocycles. The van der Waals surface area contributed by atoms with Crippen LogP contribution >= 0.6 is 0 Å². The van der Waals surface area contributed by atoms with Crippen molar-refractivity contribution in [2.75, 3.05) is 6.54 Å². The van der Waals surface area contributed by atoms with Gasteiger partial charge in [0.25, 0.3) is 0 Å². The Morgan fingerprint density at radius 3 is 1.75 bits per heavy atom. The number of carbonyl (C=O) groups is 5. The van der Waals surface area contributed by atoms with Gasteiger partial charge in [-0.1, -0.05) is 111 Å². The van der Waals surface area contributed by atoms with Crippen LogP contribution in [-0.4, -0.2) is 100 Å². The second kappa shape index (κ2) is 26.8. The van der Waals surface area contributed by atoms with Gasteiger partial charge in [0.05, 0.1) is 0 Å². The Bertz CT molecular complexity index is 1060. The normalized spacial score (nSPS) is 22.0. The fourth-order valence-corrected chi connectivity index (χ4v) is 6.28. The van der Waals surface area contributed by atoms with Crippen LogP contribution in [0.3, 0.4) is 0 Å². The molecule has 15 nitrogen and oxygen atoms in total. The topological polar surface area (TPSA) is 253 Å². The van der Waals surface area contributed by atoms with Gasteiger partial charge in [0.1, 0.15) is 42.5 Å². The zero-order valence-electron chi connectivity index (χ0n) is 32.0. The molecular formula is C37H69N5O10. The van der Waals surface area contributed by atoms with E-state index < -0.39 is 84.9 Å². The molecule has 302 valence electrons. The highest BCUT2D eigenvalue weighted by Crippen LogP contribution is 2.24. The fourth-order valence-electron chi connectivity index (χ4n) is 6.28. The molecule has 0 radical (unpaired) electrons. The Balaban J connectivity index is 2.63. The van der Waals surface area contributed by atoms with Crippen molar-refractivity contribution in [3.05, 3.63) is 0 Å². The van der Waals surface area contributed by atoms with E-state index >= 15 is 0 Å². The van der Waals surface area contributed by atoms with Crippen LogP contribution in [0.5, 0.6) is 0 Å². The molecule has 4 amide bonds. The molecule has 0 saturated carbocycles. The van der Waals surface area contributed by atoms with Crippen molar-refractivity contribution < 1.29 is 48.8 Å². The van der Waals surface area contributed by atoms with E-state index in [0.29, 0.717) is 6.42 Å². The van der Waals surface area contributed by atoms with Crippen molar-refractivity contribution in [2.45, 2.75) is 192 Å². The maximum Gasteiger partial charge on any atom is 0.303 e. The third-order valence-corrected chi connectivity index (χ3v) is 9.54. The van der Waals surface area contributed by atoms with Crippen LogP contribution in [0.15, 0.2) is 0 Å². The van der Waals surface area contributed by atoms with Crippen molar-refractivity contribution in [3.8, 4) is 0 Å². The Morgan fingerprint density at radius 2 is 1.29 bits per heavy atom. The van der Waals surface area contributed by atoms with Crippen molar-refractivity contribution in [3.63, 3.8) is 0 Å². The van der Waals surface area contributed by atoms with Crippen LogP contribution in [0.1, 0.15) is 143 Å². The van der Waals surface area contributed by atoms with Gasteiger partial charge in [0.15, 0.2) is 6.29 Å². The molecular weight excluding hydrogens is 674 g/mol. The fraction of sp³-hybridized carbons (Fsp3) is 0.865. The lowest BCUT2D eigenvalue weighted by Gasteiger charge is -2.43. The van der Waals surface area contributed by atoms with Crippen LogP contribution < -0.4 is 27.4 Å². The highest BCUT2D eigenvalue weighted by molar-refractivity contribution is 5.92. The minimum Gasteiger partial charge on any atom is -0.481 e. The number of rotatable bonds is 29. The minimum atomic E-state index is -1.58.